The normalized spacial score (nSPS) is 10.8. The number of hydrogen-bond donors (Lipinski definition) is 2. The molecule has 0 amide bonds. The highest BCUT2D eigenvalue weighted by Gasteiger charge is 2.08. The number of ether oxygens (including phenoxy) is 3. The van der Waals surface area contributed by atoms with Crippen LogP contribution in [-0.4, -0.2) is 45.4 Å². The molecule has 7 nitrogen and oxygen atoms in total. The van der Waals surface area contributed by atoms with Crippen molar-refractivity contribution in [3.8, 4) is 11.6 Å². The molecule has 28 heavy (non-hydrogen) atoms. The van der Waals surface area contributed by atoms with Gasteiger partial charge in [0.1, 0.15) is 12.4 Å². The van der Waals surface area contributed by atoms with Crippen molar-refractivity contribution in [3.63, 3.8) is 0 Å². The van der Waals surface area contributed by atoms with Gasteiger partial charge in [0.15, 0.2) is 5.96 Å². The van der Waals surface area contributed by atoms with Crippen LogP contribution in [-0.2, 0) is 17.8 Å². The third-order valence-electron chi connectivity index (χ3n) is 3.93. The molecule has 0 unspecified atom stereocenters. The SMILES string of the molecule is CN=C(NCc1ccc(C)cc1OC)NCc1cccnc1OCCOC.I. The van der Waals surface area contributed by atoms with E-state index in [1.165, 1.54) is 0 Å². The summed E-state index contributed by atoms with van der Waals surface area (Å²) in [4.78, 5) is 8.55. The molecule has 0 saturated carbocycles. The van der Waals surface area contributed by atoms with Crippen molar-refractivity contribution >= 4 is 29.9 Å². The highest BCUT2D eigenvalue weighted by atomic mass is 127. The minimum Gasteiger partial charge on any atom is -0.496 e. The van der Waals surface area contributed by atoms with Crippen LogP contribution in [0, 0.1) is 6.92 Å². The molecule has 1 aromatic carbocycles. The van der Waals surface area contributed by atoms with Crippen LogP contribution < -0.4 is 20.1 Å². The number of nitrogens with zero attached hydrogens (tertiary/aromatic N) is 2. The summed E-state index contributed by atoms with van der Waals surface area (Å²) >= 11 is 0. The molecule has 2 rings (SSSR count). The lowest BCUT2D eigenvalue weighted by Crippen LogP contribution is -2.36. The number of hydrogen-bond acceptors (Lipinski definition) is 5. The molecular weight excluding hydrogens is 471 g/mol. The molecule has 0 spiro atoms. The predicted octanol–water partition coefficient (Wildman–Crippen LogP) is 2.91. The molecule has 154 valence electrons. The highest BCUT2D eigenvalue weighted by molar-refractivity contribution is 14.0. The maximum atomic E-state index is 5.66. The lowest BCUT2D eigenvalue weighted by atomic mass is 10.1. The Morgan fingerprint density at radius 1 is 1.07 bits per heavy atom. The minimum absolute atomic E-state index is 0. The number of pyridine rings is 1. The number of aliphatic imine (C=N–C) groups is 1. The van der Waals surface area contributed by atoms with Gasteiger partial charge < -0.3 is 24.8 Å². The minimum atomic E-state index is 0. The van der Waals surface area contributed by atoms with Crippen molar-refractivity contribution in [1.82, 2.24) is 15.6 Å². The molecule has 0 bridgehead atoms. The first-order valence-corrected chi connectivity index (χ1v) is 8.81. The third-order valence-corrected chi connectivity index (χ3v) is 3.93. The van der Waals surface area contributed by atoms with Crippen LogP contribution in [0.1, 0.15) is 16.7 Å². The Labute approximate surface area is 183 Å². The standard InChI is InChI=1S/C20H28N4O3.HI/c1-15-7-8-16(18(12-15)26-4)13-23-20(21-2)24-14-17-6-5-9-22-19(17)27-11-10-25-3;/h5-9,12H,10-11,13-14H2,1-4H3,(H2,21,23,24);1H. The smallest absolute Gasteiger partial charge is 0.218 e. The van der Waals surface area contributed by atoms with Gasteiger partial charge >= 0.3 is 0 Å². The number of nitrogens with one attached hydrogen (secondary N) is 2. The number of rotatable bonds is 9. The number of aryl methyl sites for hydroxylation is 1. The molecule has 0 saturated heterocycles. The van der Waals surface area contributed by atoms with Crippen LogP contribution in [0.15, 0.2) is 41.5 Å². The summed E-state index contributed by atoms with van der Waals surface area (Å²) in [5.74, 6) is 2.14. The van der Waals surface area contributed by atoms with Crippen LogP contribution in [0.25, 0.3) is 0 Å². The zero-order valence-electron chi connectivity index (χ0n) is 16.8. The fourth-order valence-electron chi connectivity index (χ4n) is 2.49. The van der Waals surface area contributed by atoms with Crippen molar-refractivity contribution in [3.05, 3.63) is 53.2 Å². The molecule has 0 aliphatic rings. The summed E-state index contributed by atoms with van der Waals surface area (Å²) in [5.41, 5.74) is 3.18. The van der Waals surface area contributed by atoms with Gasteiger partial charge in [-0.15, -0.1) is 24.0 Å². The van der Waals surface area contributed by atoms with Crippen LogP contribution in [0.4, 0.5) is 0 Å². The Hall–Kier alpha value is -2.07. The predicted molar refractivity (Wildman–Crippen MR) is 122 cm³/mol. The van der Waals surface area contributed by atoms with Gasteiger partial charge in [-0.05, 0) is 24.6 Å². The molecule has 0 aliphatic carbocycles. The Morgan fingerprint density at radius 3 is 2.50 bits per heavy atom. The van der Waals surface area contributed by atoms with E-state index in [-0.39, 0.29) is 24.0 Å². The molecule has 2 N–H and O–H groups in total. The molecule has 8 heteroatoms. The second kappa shape index (κ2) is 13.2. The van der Waals surface area contributed by atoms with Crippen LogP contribution in [0.2, 0.25) is 0 Å². The van der Waals surface area contributed by atoms with Crippen LogP contribution in [0.5, 0.6) is 11.6 Å². The summed E-state index contributed by atoms with van der Waals surface area (Å²) in [5, 5.41) is 6.58. The lowest BCUT2D eigenvalue weighted by Gasteiger charge is -2.15. The summed E-state index contributed by atoms with van der Waals surface area (Å²) < 4.78 is 16.1. The van der Waals surface area contributed by atoms with Gasteiger partial charge in [0.05, 0.1) is 13.7 Å². The van der Waals surface area contributed by atoms with Gasteiger partial charge in [0, 0.05) is 44.6 Å². The van der Waals surface area contributed by atoms with Gasteiger partial charge in [-0.1, -0.05) is 18.2 Å². The number of benzene rings is 1. The Bertz CT molecular complexity index is 756. The van der Waals surface area contributed by atoms with E-state index in [0.717, 1.165) is 22.4 Å². The largest absolute Gasteiger partial charge is 0.496 e. The van der Waals surface area contributed by atoms with Gasteiger partial charge in [-0.2, -0.15) is 0 Å². The number of aromatic nitrogens is 1. The van der Waals surface area contributed by atoms with Crippen LogP contribution >= 0.6 is 24.0 Å². The fourth-order valence-corrected chi connectivity index (χ4v) is 2.49. The van der Waals surface area contributed by atoms with E-state index in [2.05, 4.69) is 32.7 Å². The Balaban J connectivity index is 0.00000392. The summed E-state index contributed by atoms with van der Waals surface area (Å²) in [6.07, 6.45) is 1.71. The van der Waals surface area contributed by atoms with Crippen LogP contribution in [0.3, 0.4) is 0 Å². The number of guanidine groups is 1. The van der Waals surface area contributed by atoms with E-state index >= 15 is 0 Å². The average molecular weight is 500 g/mol. The molecule has 1 heterocycles. The zero-order chi connectivity index (χ0) is 19.5. The van der Waals surface area contributed by atoms with Crippen molar-refractivity contribution in [2.75, 3.05) is 34.5 Å². The van der Waals surface area contributed by atoms with Crippen molar-refractivity contribution in [2.45, 2.75) is 20.0 Å². The fraction of sp³-hybridized carbons (Fsp3) is 0.400. The first-order chi connectivity index (χ1) is 13.2. The first-order valence-electron chi connectivity index (χ1n) is 8.81. The molecule has 2 aromatic rings. The second-order valence-electron chi connectivity index (χ2n) is 5.90. The first kappa shape index (κ1) is 24.0. The second-order valence-corrected chi connectivity index (χ2v) is 5.90. The summed E-state index contributed by atoms with van der Waals surface area (Å²) in [6.45, 7) is 4.17. The third kappa shape index (κ3) is 7.51. The summed E-state index contributed by atoms with van der Waals surface area (Å²) in [7, 11) is 5.06. The zero-order valence-corrected chi connectivity index (χ0v) is 19.2. The van der Waals surface area contributed by atoms with E-state index in [9.17, 15) is 0 Å². The molecule has 0 fully saturated rings. The van der Waals surface area contributed by atoms with Gasteiger partial charge in [-0.25, -0.2) is 4.98 Å². The molecule has 0 aliphatic heterocycles. The molecule has 0 radical (unpaired) electrons. The monoisotopic (exact) mass is 500 g/mol. The maximum Gasteiger partial charge on any atom is 0.218 e. The lowest BCUT2D eigenvalue weighted by molar-refractivity contribution is 0.143. The van der Waals surface area contributed by atoms with Gasteiger partial charge in [0.25, 0.3) is 0 Å². The summed E-state index contributed by atoms with van der Waals surface area (Å²) in [6, 6.07) is 9.99. The number of halogens is 1. The topological polar surface area (TPSA) is 77.0 Å². The Morgan fingerprint density at radius 2 is 1.82 bits per heavy atom. The van der Waals surface area contributed by atoms with E-state index in [1.54, 1.807) is 27.5 Å². The molecular formula is C20H29IN4O3. The highest BCUT2D eigenvalue weighted by Crippen LogP contribution is 2.19. The van der Waals surface area contributed by atoms with Gasteiger partial charge in [-0.3, -0.25) is 4.99 Å². The average Bonchev–Trinajstić information content (AvgIpc) is 2.70. The van der Waals surface area contributed by atoms with Gasteiger partial charge in [0.2, 0.25) is 5.88 Å². The van der Waals surface area contributed by atoms with E-state index in [0.29, 0.717) is 38.1 Å². The van der Waals surface area contributed by atoms with E-state index in [1.807, 2.05) is 25.1 Å². The van der Waals surface area contributed by atoms with E-state index in [4.69, 9.17) is 14.2 Å². The number of methoxy groups -OCH3 is 2. The molecule has 1 aromatic heterocycles. The van der Waals surface area contributed by atoms with Crippen molar-refractivity contribution in [1.29, 1.82) is 0 Å². The van der Waals surface area contributed by atoms with E-state index < -0.39 is 0 Å². The van der Waals surface area contributed by atoms with Crippen molar-refractivity contribution in [2.24, 2.45) is 4.99 Å². The van der Waals surface area contributed by atoms with Crippen molar-refractivity contribution < 1.29 is 14.2 Å². The molecule has 0 atom stereocenters. The quantitative estimate of drug-likeness (QED) is 0.239. The maximum absolute atomic E-state index is 5.66. The Kier molecular flexibility index (Phi) is 11.3.